The Balaban J connectivity index is 2.19. The summed E-state index contributed by atoms with van der Waals surface area (Å²) in [6.07, 6.45) is 1.80. The topological polar surface area (TPSA) is 52.0 Å². The van der Waals surface area contributed by atoms with Gasteiger partial charge in [0.25, 0.3) is 0 Å². The zero-order valence-electron chi connectivity index (χ0n) is 11.7. The summed E-state index contributed by atoms with van der Waals surface area (Å²) < 4.78 is 6.91. The van der Waals surface area contributed by atoms with Crippen LogP contribution in [0.3, 0.4) is 0 Å². The summed E-state index contributed by atoms with van der Waals surface area (Å²) in [7, 11) is 1.70. The van der Waals surface area contributed by atoms with Crippen LogP contribution in [0, 0.1) is 13.8 Å². The number of pyridine rings is 1. The minimum Gasteiger partial charge on any atom is -0.383 e. The summed E-state index contributed by atoms with van der Waals surface area (Å²) in [5.41, 5.74) is 3.22. The fourth-order valence-corrected chi connectivity index (χ4v) is 2.00. The van der Waals surface area contributed by atoms with Crippen molar-refractivity contribution in [3.63, 3.8) is 0 Å². The summed E-state index contributed by atoms with van der Waals surface area (Å²) in [5, 5.41) is 7.82. The van der Waals surface area contributed by atoms with E-state index in [1.807, 2.05) is 24.6 Å². The van der Waals surface area contributed by atoms with Crippen molar-refractivity contribution >= 4 is 0 Å². The van der Waals surface area contributed by atoms with Crippen LogP contribution in [0.4, 0.5) is 0 Å². The van der Waals surface area contributed by atoms with Gasteiger partial charge in [0, 0.05) is 37.7 Å². The van der Waals surface area contributed by atoms with Crippen molar-refractivity contribution in [2.45, 2.75) is 20.4 Å². The summed E-state index contributed by atoms with van der Waals surface area (Å²) in [6.45, 7) is 6.31. The lowest BCUT2D eigenvalue weighted by Gasteiger charge is -2.10. The first-order valence-corrected chi connectivity index (χ1v) is 6.39. The number of aryl methyl sites for hydroxylation is 2. The molecule has 0 unspecified atom stereocenters. The zero-order chi connectivity index (χ0) is 13.7. The van der Waals surface area contributed by atoms with Gasteiger partial charge < -0.3 is 10.1 Å². The van der Waals surface area contributed by atoms with Crippen molar-refractivity contribution in [3.05, 3.63) is 41.3 Å². The molecule has 19 heavy (non-hydrogen) atoms. The molecule has 0 aliphatic rings. The fraction of sp³-hybridized carbons (Fsp3) is 0.429. The number of hydrogen-bond acceptors (Lipinski definition) is 4. The quantitative estimate of drug-likeness (QED) is 0.802. The molecule has 2 aromatic rings. The molecule has 2 rings (SSSR count). The molecule has 0 aliphatic carbocycles. The Labute approximate surface area is 113 Å². The van der Waals surface area contributed by atoms with Crippen molar-refractivity contribution in [3.8, 4) is 5.82 Å². The number of aromatic nitrogens is 3. The second kappa shape index (κ2) is 6.45. The maximum Gasteiger partial charge on any atom is 0.158 e. The standard InChI is InChI=1S/C14H20N4O/c1-11-9-12(2)18(17-11)14-13(5-4-6-16-14)10-15-7-8-19-3/h4-6,9,15H,7-8,10H2,1-3H3. The Morgan fingerprint density at radius 3 is 2.89 bits per heavy atom. The average molecular weight is 260 g/mol. The van der Waals surface area contributed by atoms with Crippen molar-refractivity contribution in [2.75, 3.05) is 20.3 Å². The lowest BCUT2D eigenvalue weighted by Crippen LogP contribution is -2.20. The van der Waals surface area contributed by atoms with Gasteiger partial charge >= 0.3 is 0 Å². The molecule has 0 aliphatic heterocycles. The molecule has 0 saturated carbocycles. The third-order valence-corrected chi connectivity index (χ3v) is 2.88. The van der Waals surface area contributed by atoms with Crippen LogP contribution in [-0.2, 0) is 11.3 Å². The number of ether oxygens (including phenoxy) is 1. The van der Waals surface area contributed by atoms with Crippen LogP contribution < -0.4 is 5.32 Å². The van der Waals surface area contributed by atoms with Gasteiger partial charge in [-0.2, -0.15) is 5.10 Å². The highest BCUT2D eigenvalue weighted by molar-refractivity contribution is 5.34. The molecule has 1 N–H and O–H groups in total. The minimum atomic E-state index is 0.704. The van der Waals surface area contributed by atoms with Gasteiger partial charge in [-0.05, 0) is 26.0 Å². The zero-order valence-corrected chi connectivity index (χ0v) is 11.7. The molecule has 2 heterocycles. The van der Waals surface area contributed by atoms with Crippen molar-refractivity contribution in [1.82, 2.24) is 20.1 Å². The van der Waals surface area contributed by atoms with Gasteiger partial charge in [-0.1, -0.05) is 6.07 Å². The first-order chi connectivity index (χ1) is 9.22. The van der Waals surface area contributed by atoms with Gasteiger partial charge in [-0.3, -0.25) is 0 Å². The molecule has 0 fully saturated rings. The van der Waals surface area contributed by atoms with E-state index in [0.29, 0.717) is 6.61 Å². The lowest BCUT2D eigenvalue weighted by atomic mass is 10.2. The Bertz CT molecular complexity index is 536. The molecule has 2 aromatic heterocycles. The molecular weight excluding hydrogens is 240 g/mol. The third-order valence-electron chi connectivity index (χ3n) is 2.88. The highest BCUT2D eigenvalue weighted by Gasteiger charge is 2.09. The minimum absolute atomic E-state index is 0.704. The number of methoxy groups -OCH3 is 1. The van der Waals surface area contributed by atoms with E-state index >= 15 is 0 Å². The Kier molecular flexibility index (Phi) is 4.65. The highest BCUT2D eigenvalue weighted by Crippen LogP contribution is 2.14. The SMILES string of the molecule is COCCNCc1cccnc1-n1nc(C)cc1C. The molecule has 0 radical (unpaired) electrons. The monoisotopic (exact) mass is 260 g/mol. The second-order valence-electron chi connectivity index (χ2n) is 4.49. The molecule has 0 amide bonds. The van der Waals surface area contributed by atoms with E-state index in [1.165, 1.54) is 0 Å². The summed E-state index contributed by atoms with van der Waals surface area (Å²) >= 11 is 0. The van der Waals surface area contributed by atoms with Gasteiger partial charge in [0.1, 0.15) is 0 Å². The van der Waals surface area contributed by atoms with Gasteiger partial charge in [-0.15, -0.1) is 0 Å². The number of rotatable bonds is 6. The van der Waals surface area contributed by atoms with Gasteiger partial charge in [0.05, 0.1) is 12.3 Å². The summed E-state index contributed by atoms with van der Waals surface area (Å²) in [6, 6.07) is 6.07. The molecule has 0 saturated heterocycles. The molecule has 0 spiro atoms. The molecule has 0 bridgehead atoms. The lowest BCUT2D eigenvalue weighted by molar-refractivity contribution is 0.199. The van der Waals surface area contributed by atoms with Crippen LogP contribution in [0.5, 0.6) is 0 Å². The third kappa shape index (κ3) is 3.39. The van der Waals surface area contributed by atoms with E-state index in [9.17, 15) is 0 Å². The second-order valence-corrected chi connectivity index (χ2v) is 4.49. The normalized spacial score (nSPS) is 10.9. The van der Waals surface area contributed by atoms with Gasteiger partial charge in [-0.25, -0.2) is 9.67 Å². The van der Waals surface area contributed by atoms with Crippen LogP contribution in [0.2, 0.25) is 0 Å². The van der Waals surface area contributed by atoms with Crippen molar-refractivity contribution in [2.24, 2.45) is 0 Å². The smallest absolute Gasteiger partial charge is 0.158 e. The highest BCUT2D eigenvalue weighted by atomic mass is 16.5. The molecule has 102 valence electrons. The fourth-order valence-electron chi connectivity index (χ4n) is 2.00. The van der Waals surface area contributed by atoms with Crippen molar-refractivity contribution in [1.29, 1.82) is 0 Å². The largest absolute Gasteiger partial charge is 0.383 e. The summed E-state index contributed by atoms with van der Waals surface area (Å²) in [5.74, 6) is 0.887. The first kappa shape index (κ1) is 13.7. The molecule has 0 atom stereocenters. The average Bonchev–Trinajstić information content (AvgIpc) is 2.74. The van der Waals surface area contributed by atoms with Crippen LogP contribution in [0.15, 0.2) is 24.4 Å². The van der Waals surface area contributed by atoms with Crippen LogP contribution in [0.1, 0.15) is 17.0 Å². The Morgan fingerprint density at radius 1 is 1.37 bits per heavy atom. The predicted molar refractivity (Wildman–Crippen MR) is 74.4 cm³/mol. The van der Waals surface area contributed by atoms with Crippen LogP contribution in [-0.4, -0.2) is 35.0 Å². The van der Waals surface area contributed by atoms with E-state index in [1.54, 1.807) is 13.3 Å². The van der Waals surface area contributed by atoms with Crippen LogP contribution >= 0.6 is 0 Å². The molecular formula is C14H20N4O. The van der Waals surface area contributed by atoms with E-state index in [2.05, 4.69) is 27.5 Å². The van der Waals surface area contributed by atoms with E-state index < -0.39 is 0 Å². The van der Waals surface area contributed by atoms with Gasteiger partial charge in [0.2, 0.25) is 0 Å². The number of nitrogens with one attached hydrogen (secondary N) is 1. The number of nitrogens with zero attached hydrogens (tertiary/aromatic N) is 3. The van der Waals surface area contributed by atoms with Crippen LogP contribution in [0.25, 0.3) is 5.82 Å². The van der Waals surface area contributed by atoms with E-state index in [-0.39, 0.29) is 0 Å². The predicted octanol–water partition coefficient (Wildman–Crippen LogP) is 1.62. The van der Waals surface area contributed by atoms with Crippen molar-refractivity contribution < 1.29 is 4.74 Å². The van der Waals surface area contributed by atoms with E-state index in [0.717, 1.165) is 35.9 Å². The van der Waals surface area contributed by atoms with E-state index in [4.69, 9.17) is 4.74 Å². The molecule has 5 heteroatoms. The molecule has 5 nitrogen and oxygen atoms in total. The Hall–Kier alpha value is -1.72. The number of hydrogen-bond donors (Lipinski definition) is 1. The Morgan fingerprint density at radius 2 is 2.21 bits per heavy atom. The maximum atomic E-state index is 5.02. The van der Waals surface area contributed by atoms with Gasteiger partial charge in [0.15, 0.2) is 5.82 Å². The first-order valence-electron chi connectivity index (χ1n) is 6.39. The molecule has 0 aromatic carbocycles. The maximum absolute atomic E-state index is 5.02. The summed E-state index contributed by atoms with van der Waals surface area (Å²) in [4.78, 5) is 4.45.